The summed E-state index contributed by atoms with van der Waals surface area (Å²) in [6.07, 6.45) is 1.38. The SMILES string of the molecule is CC.CC(C)(C)C.CC(C)(C)C.CC(C)(C)N1CCOCC1.CC1CN(C(C)(C)C)C1.CCN1CCC(C)(C)C1.CN1CCN(C(C)(C)C)CC1.c1ccc(-c2cc3n(n2)CCO3)cc1.c1ccccc1. The Morgan fingerprint density at radius 3 is 1.28 bits per heavy atom. The summed E-state index contributed by atoms with van der Waals surface area (Å²) in [4.78, 5) is 12.4. The molecule has 6 heterocycles. The van der Waals surface area contributed by atoms with E-state index in [9.17, 15) is 0 Å². The van der Waals surface area contributed by atoms with Crippen LogP contribution in [0.5, 0.6) is 5.88 Å². The van der Waals surface area contributed by atoms with Crippen LogP contribution >= 0.6 is 0 Å². The molecule has 0 bridgehead atoms. The quantitative estimate of drug-likeness (QED) is 0.252. The predicted octanol–water partition coefficient (Wildman–Crippen LogP) is 14.4. The molecular weight excluding hydrogens is 875 g/mol. The first-order chi connectivity index (χ1) is 32.7. The Morgan fingerprint density at radius 1 is 0.563 bits per heavy atom. The van der Waals surface area contributed by atoms with E-state index in [1.165, 1.54) is 65.3 Å². The van der Waals surface area contributed by atoms with Crippen molar-refractivity contribution in [2.45, 2.75) is 189 Å². The van der Waals surface area contributed by atoms with E-state index >= 15 is 0 Å². The van der Waals surface area contributed by atoms with Gasteiger partial charge in [0.05, 0.1) is 25.5 Å². The number of hydrogen-bond acceptors (Lipinski definition) is 8. The molecule has 412 valence electrons. The number of fused-ring (bicyclic) bond motifs is 1. The van der Waals surface area contributed by atoms with Crippen LogP contribution in [0.4, 0.5) is 0 Å². The summed E-state index contributed by atoms with van der Waals surface area (Å²) >= 11 is 0. The minimum atomic E-state index is 0.323. The van der Waals surface area contributed by atoms with E-state index in [0.717, 1.165) is 62.5 Å². The maximum atomic E-state index is 5.40. The lowest BCUT2D eigenvalue weighted by molar-refractivity contribution is -0.00389. The summed E-state index contributed by atoms with van der Waals surface area (Å²) < 4.78 is 12.6. The third-order valence-electron chi connectivity index (χ3n) is 11.7. The van der Waals surface area contributed by atoms with Crippen molar-refractivity contribution in [3.8, 4) is 17.1 Å². The number of rotatable bonds is 2. The van der Waals surface area contributed by atoms with E-state index in [0.29, 0.717) is 32.9 Å². The van der Waals surface area contributed by atoms with Crippen LogP contribution in [0.2, 0.25) is 0 Å². The molecule has 3 aromatic rings. The summed E-state index contributed by atoms with van der Waals surface area (Å²) in [7, 11) is 2.19. The summed E-state index contributed by atoms with van der Waals surface area (Å²) in [6.45, 7) is 68.1. The fourth-order valence-corrected chi connectivity index (χ4v) is 7.50. The summed E-state index contributed by atoms with van der Waals surface area (Å²) in [6, 6.07) is 24.1. The molecule has 0 spiro atoms. The minimum Gasteiger partial charge on any atom is -0.476 e. The van der Waals surface area contributed by atoms with Gasteiger partial charge in [-0.1, -0.05) is 164 Å². The van der Waals surface area contributed by atoms with E-state index in [1.807, 2.05) is 79.2 Å². The fraction of sp³-hybridized carbons (Fsp3) is 0.758. The maximum absolute atomic E-state index is 5.40. The fourth-order valence-electron chi connectivity index (χ4n) is 7.50. The summed E-state index contributed by atoms with van der Waals surface area (Å²) in [5, 5.41) is 4.45. The smallest absolute Gasteiger partial charge is 0.212 e. The van der Waals surface area contributed by atoms with Crippen LogP contribution < -0.4 is 4.74 Å². The lowest BCUT2D eigenvalue weighted by Crippen LogP contribution is -2.54. The molecule has 9 heteroatoms. The first-order valence-electron chi connectivity index (χ1n) is 27.7. The van der Waals surface area contributed by atoms with E-state index in [-0.39, 0.29) is 0 Å². The largest absolute Gasteiger partial charge is 0.476 e. The van der Waals surface area contributed by atoms with Crippen LogP contribution in [0.15, 0.2) is 72.8 Å². The van der Waals surface area contributed by atoms with Crippen LogP contribution in [-0.2, 0) is 11.3 Å². The molecule has 4 saturated heterocycles. The Bertz CT molecular complexity index is 1630. The second kappa shape index (κ2) is 33.2. The van der Waals surface area contributed by atoms with Gasteiger partial charge in [-0.2, -0.15) is 5.10 Å². The van der Waals surface area contributed by atoms with Gasteiger partial charge in [-0.25, -0.2) is 4.68 Å². The third kappa shape index (κ3) is 35.1. The average Bonchev–Trinajstić information content (AvgIpc) is 3.99. The van der Waals surface area contributed by atoms with Crippen LogP contribution in [0.3, 0.4) is 0 Å². The summed E-state index contributed by atoms with van der Waals surface area (Å²) in [5.74, 6) is 1.81. The Kier molecular flexibility index (Phi) is 31.9. The molecule has 0 aliphatic carbocycles. The second-order valence-electron chi connectivity index (χ2n) is 26.7. The van der Waals surface area contributed by atoms with Gasteiger partial charge in [-0.3, -0.25) is 14.7 Å². The normalized spacial score (nSPS) is 18.6. The Labute approximate surface area is 441 Å². The highest BCUT2D eigenvalue weighted by Crippen LogP contribution is 2.28. The summed E-state index contributed by atoms with van der Waals surface area (Å²) in [5.41, 5.74) is 4.81. The molecule has 1 aromatic heterocycles. The molecule has 5 aliphatic rings. The zero-order chi connectivity index (χ0) is 54.7. The zero-order valence-electron chi connectivity index (χ0n) is 51.3. The second-order valence-corrected chi connectivity index (χ2v) is 26.7. The third-order valence-corrected chi connectivity index (χ3v) is 11.7. The number of benzene rings is 2. The maximum Gasteiger partial charge on any atom is 0.212 e. The number of morpholine rings is 1. The van der Waals surface area contributed by atoms with Crippen molar-refractivity contribution in [2.75, 3.05) is 98.9 Å². The number of piperazine rings is 1. The van der Waals surface area contributed by atoms with Crippen molar-refractivity contribution in [2.24, 2.45) is 22.2 Å². The molecule has 4 fully saturated rings. The van der Waals surface area contributed by atoms with Crippen LogP contribution in [-0.4, -0.2) is 150 Å². The van der Waals surface area contributed by atoms with Gasteiger partial charge in [0.25, 0.3) is 0 Å². The molecule has 0 unspecified atom stereocenters. The molecular formula is C62H117N7O2. The van der Waals surface area contributed by atoms with Gasteiger partial charge < -0.3 is 19.3 Å². The Hall–Kier alpha value is -2.79. The minimum absolute atomic E-state index is 0.323. The van der Waals surface area contributed by atoms with Crippen molar-refractivity contribution in [3.63, 3.8) is 0 Å². The van der Waals surface area contributed by atoms with Gasteiger partial charge in [-0.05, 0) is 111 Å². The molecule has 8 rings (SSSR count). The van der Waals surface area contributed by atoms with Crippen LogP contribution in [0.25, 0.3) is 11.3 Å². The first-order valence-corrected chi connectivity index (χ1v) is 27.7. The number of nitrogens with zero attached hydrogens (tertiary/aromatic N) is 7. The molecule has 0 N–H and O–H groups in total. The highest BCUT2D eigenvalue weighted by atomic mass is 16.5. The topological polar surface area (TPSA) is 52.5 Å². The molecule has 0 amide bonds. The molecule has 71 heavy (non-hydrogen) atoms. The lowest BCUT2D eigenvalue weighted by Gasteiger charge is -2.46. The Balaban J connectivity index is 0.000000802. The van der Waals surface area contributed by atoms with Gasteiger partial charge in [0.15, 0.2) is 0 Å². The number of ether oxygens (including phenoxy) is 2. The van der Waals surface area contributed by atoms with E-state index in [2.05, 4.69) is 194 Å². The van der Waals surface area contributed by atoms with Crippen molar-refractivity contribution >= 4 is 0 Å². The van der Waals surface area contributed by atoms with Crippen molar-refractivity contribution in [3.05, 3.63) is 72.8 Å². The van der Waals surface area contributed by atoms with E-state index < -0.39 is 0 Å². The molecule has 9 nitrogen and oxygen atoms in total. The Morgan fingerprint density at radius 2 is 0.972 bits per heavy atom. The van der Waals surface area contributed by atoms with Gasteiger partial charge in [0, 0.05) is 87.1 Å². The molecule has 0 atom stereocenters. The standard InChI is InChI=1S/C11H10N2O.C9H20N2.C8H17NO.2C8H17N.C6H6.2C5H12.C2H6/c1-2-4-9(5-3-1)10-8-11-13(12-10)6-7-14-11;1-9(2,3)11-7-5-10(4)6-8-11;1-8(2,3)9-4-6-10-7-5-9;1-7-5-9(6-7)8(2,3)4;1-4-9-6-5-8(2,3)7-9;1-2-4-6-5-3-1;2*1-5(2,3)4;1-2/h1-5,8H,6-7H2;5-8H2,1-4H3;4-7H2,1-3H3;7H,5-6H2,1-4H3;4-7H2,1-3H3;1-6H;2*1-4H3;1-2H3. The van der Waals surface area contributed by atoms with Gasteiger partial charge in [0.2, 0.25) is 5.88 Å². The number of likely N-dealkylation sites (N-methyl/N-ethyl adjacent to an activating group) is 1. The van der Waals surface area contributed by atoms with Gasteiger partial charge >= 0.3 is 0 Å². The lowest BCUT2D eigenvalue weighted by atomic mass is 9.93. The van der Waals surface area contributed by atoms with E-state index in [1.54, 1.807) is 0 Å². The predicted molar refractivity (Wildman–Crippen MR) is 313 cm³/mol. The number of likely N-dealkylation sites (tertiary alicyclic amines) is 2. The van der Waals surface area contributed by atoms with E-state index in [4.69, 9.17) is 9.47 Å². The number of aromatic nitrogens is 2. The van der Waals surface area contributed by atoms with Crippen molar-refractivity contribution < 1.29 is 9.47 Å². The monoisotopic (exact) mass is 992 g/mol. The molecule has 0 radical (unpaired) electrons. The number of hydrogen-bond donors (Lipinski definition) is 0. The van der Waals surface area contributed by atoms with Gasteiger partial charge in [-0.15, -0.1) is 0 Å². The van der Waals surface area contributed by atoms with Crippen molar-refractivity contribution in [1.29, 1.82) is 0 Å². The van der Waals surface area contributed by atoms with Gasteiger partial charge in [0.1, 0.15) is 6.61 Å². The average molecular weight is 993 g/mol. The van der Waals surface area contributed by atoms with Crippen LogP contribution in [0.1, 0.15) is 166 Å². The molecule has 2 aromatic carbocycles. The molecule has 5 aliphatic heterocycles. The first kappa shape index (κ1) is 68.2. The highest BCUT2D eigenvalue weighted by Gasteiger charge is 2.31. The molecule has 0 saturated carbocycles. The van der Waals surface area contributed by atoms with Crippen LogP contribution in [0, 0.1) is 22.2 Å². The van der Waals surface area contributed by atoms with Crippen molar-refractivity contribution in [1.82, 2.24) is 34.3 Å². The zero-order valence-corrected chi connectivity index (χ0v) is 51.3. The highest BCUT2D eigenvalue weighted by molar-refractivity contribution is 5.60.